The number of thioether (sulfide) groups is 1. The Morgan fingerprint density at radius 1 is 0.957 bits per heavy atom. The zero-order valence-electron chi connectivity index (χ0n) is 27.8. The van der Waals surface area contributed by atoms with Crippen molar-refractivity contribution >= 4 is 22.7 Å². The normalized spacial score (nSPS) is 11.6. The van der Waals surface area contributed by atoms with Gasteiger partial charge in [-0.2, -0.15) is 11.8 Å². The maximum Gasteiger partial charge on any atom is 0.186 e. The first-order valence-electron chi connectivity index (χ1n) is 15.5. The molecule has 7 nitrogen and oxygen atoms in total. The Labute approximate surface area is 295 Å². The number of aliphatic hydroxyl groups is 1. The predicted octanol–water partition coefficient (Wildman–Crippen LogP) is 8.75. The number of nitrogens with one attached hydrogen (secondary N) is 2. The Morgan fingerprint density at radius 3 is 2.51 bits per heavy atom. The number of ether oxygens (including phenoxy) is 2. The molecule has 2 heterocycles. The fraction of sp³-hybridized carbons (Fsp3) is 0.378. The molecule has 0 aliphatic rings. The molecule has 5 N–H and O–H groups in total. The molecule has 0 saturated carbocycles. The van der Waals surface area contributed by atoms with Crippen LogP contribution in [-0.4, -0.2) is 43.8 Å². The van der Waals surface area contributed by atoms with Crippen LogP contribution in [0.25, 0.3) is 22.3 Å². The quantitative estimate of drug-likeness (QED) is 0.0722. The van der Waals surface area contributed by atoms with Crippen LogP contribution >= 0.6 is 11.8 Å². The number of rotatable bonds is 15. The summed E-state index contributed by atoms with van der Waals surface area (Å²) < 4.78 is 27.1. The smallest absolute Gasteiger partial charge is 0.186 e. The second-order valence-electron chi connectivity index (χ2n) is 13.1. The number of nitrogens with zero attached hydrogens (tertiary/aromatic N) is 1. The number of aliphatic hydroxyl groups excluding tert-OH is 1. The Bertz CT molecular complexity index is 1720. The van der Waals surface area contributed by atoms with Crippen LogP contribution in [0.15, 0.2) is 73.2 Å². The monoisotopic (exact) mass is 831 g/mol. The van der Waals surface area contributed by atoms with Gasteiger partial charge in [-0.05, 0) is 90.0 Å². The van der Waals surface area contributed by atoms with Gasteiger partial charge >= 0.3 is 0 Å². The Kier molecular flexibility index (Phi) is 13.7. The van der Waals surface area contributed by atoms with E-state index in [2.05, 4.69) is 48.7 Å². The molecule has 0 unspecified atom stereocenters. The third kappa shape index (κ3) is 9.72. The largest absolute Gasteiger partial charge is 0.468 e. The summed E-state index contributed by atoms with van der Waals surface area (Å²) in [6, 6.07) is 17.3. The summed E-state index contributed by atoms with van der Waals surface area (Å²) in [5.74, 6) is 3.81. The van der Waals surface area contributed by atoms with Gasteiger partial charge in [0.25, 0.3) is 0 Å². The summed E-state index contributed by atoms with van der Waals surface area (Å²) in [4.78, 5) is 10.7. The minimum absolute atomic E-state index is 0. The molecule has 5 rings (SSSR count). The topological polar surface area (TPSA) is 115 Å². The zero-order chi connectivity index (χ0) is 32.0. The summed E-state index contributed by atoms with van der Waals surface area (Å²) in [5, 5.41) is 10.1. The number of fused-ring (bicyclic) bond motifs is 1. The number of aromatic nitrogens is 3. The average Bonchev–Trinajstić information content (AvgIpc) is 3.70. The molecule has 3 aromatic carbocycles. The van der Waals surface area contributed by atoms with Crippen LogP contribution in [-0.2, 0) is 32.9 Å². The maximum absolute atomic E-state index is 15.5. The number of hydrogen-bond acceptors (Lipinski definition) is 5. The molecule has 0 aliphatic carbocycles. The van der Waals surface area contributed by atoms with Crippen molar-refractivity contribution in [3.63, 3.8) is 0 Å². The van der Waals surface area contributed by atoms with Crippen molar-refractivity contribution in [1.82, 2.24) is 15.0 Å². The van der Waals surface area contributed by atoms with E-state index >= 15 is 4.39 Å². The molecule has 0 atom stereocenters. The minimum Gasteiger partial charge on any atom is -0.468 e. The van der Waals surface area contributed by atoms with Crippen LogP contribution < -0.4 is 9.47 Å². The molecule has 47 heavy (non-hydrogen) atoms. The fourth-order valence-electron chi connectivity index (χ4n) is 5.86. The van der Waals surface area contributed by atoms with E-state index in [0.717, 1.165) is 64.2 Å². The van der Waals surface area contributed by atoms with Gasteiger partial charge in [0, 0.05) is 67.8 Å². The number of hydrogen-bond donors (Lipinski definition) is 3. The van der Waals surface area contributed by atoms with Crippen LogP contribution in [0.4, 0.5) is 4.39 Å². The van der Waals surface area contributed by atoms with Crippen molar-refractivity contribution in [3.05, 3.63) is 95.7 Å². The van der Waals surface area contributed by atoms with Crippen LogP contribution in [0.5, 0.6) is 17.2 Å². The van der Waals surface area contributed by atoms with Gasteiger partial charge in [-0.1, -0.05) is 52.3 Å². The number of aryl methyl sites for hydroxylation is 2. The van der Waals surface area contributed by atoms with Gasteiger partial charge in [0.05, 0.1) is 0 Å². The molecule has 0 saturated heterocycles. The zero-order valence-corrected chi connectivity index (χ0v) is 31.5. The van der Waals surface area contributed by atoms with Gasteiger partial charge in [-0.3, -0.25) is 0 Å². The van der Waals surface area contributed by atoms with E-state index in [4.69, 9.17) is 14.6 Å². The maximum atomic E-state index is 15.5. The first-order valence-corrected chi connectivity index (χ1v) is 16.7. The van der Waals surface area contributed by atoms with Crippen molar-refractivity contribution in [1.29, 1.82) is 0 Å². The van der Waals surface area contributed by atoms with E-state index in [1.54, 1.807) is 12.4 Å². The molecule has 10 heteroatoms. The standard InChI is InChI=1S/C37H44FN3O3S.H2O.W/c1-25-10-11-28(21-31(25)35-40-17-18-41-35)44-34-30(29-12-16-39-33(29)22-32(34)38)13-19-45-23-36(2,3)14-7-15-37(4,5)26-8-6-9-27(20-26)43-24-42;;/h6,8-12,16-18,20-22,39,42H,7,13-15,19,23-24H2,1-5H3,(H,40,41);1H2;. The van der Waals surface area contributed by atoms with E-state index in [1.165, 1.54) is 11.6 Å². The van der Waals surface area contributed by atoms with E-state index in [0.29, 0.717) is 17.9 Å². The molecule has 0 bridgehead atoms. The molecule has 0 amide bonds. The summed E-state index contributed by atoms with van der Waals surface area (Å²) in [7, 11) is 0. The van der Waals surface area contributed by atoms with Gasteiger partial charge in [0.1, 0.15) is 17.3 Å². The van der Waals surface area contributed by atoms with E-state index in [9.17, 15) is 0 Å². The predicted molar refractivity (Wildman–Crippen MR) is 187 cm³/mol. The summed E-state index contributed by atoms with van der Waals surface area (Å²) in [6.45, 7) is 10.9. The molecule has 5 aromatic rings. The van der Waals surface area contributed by atoms with E-state index in [-0.39, 0.29) is 55.7 Å². The molecule has 2 aromatic heterocycles. The summed E-state index contributed by atoms with van der Waals surface area (Å²) in [5.41, 5.74) is 5.02. The van der Waals surface area contributed by atoms with E-state index in [1.807, 2.05) is 67.3 Å². The number of aromatic amines is 2. The van der Waals surface area contributed by atoms with E-state index < -0.39 is 0 Å². The average molecular weight is 832 g/mol. The molecule has 0 fully saturated rings. The first kappa shape index (κ1) is 38.3. The number of benzene rings is 3. The Balaban J connectivity index is 0.00000300. The molecular weight excluding hydrogens is 785 g/mol. The number of imidazole rings is 1. The third-order valence-electron chi connectivity index (χ3n) is 8.54. The SMILES string of the molecule is Cc1ccc(Oc2c(F)cc3[nH]ccc3c2CCSCC(C)(C)CCCC(C)(C)c2cccc(OCO)c2)cc1-c1ncc[nH]1.O.[W]. The summed E-state index contributed by atoms with van der Waals surface area (Å²) >= 11 is 1.91. The number of halogens is 1. The van der Waals surface area contributed by atoms with Crippen molar-refractivity contribution < 1.29 is 45.5 Å². The van der Waals surface area contributed by atoms with Crippen molar-refractivity contribution in [2.24, 2.45) is 5.41 Å². The van der Waals surface area contributed by atoms with Crippen LogP contribution in [0, 0.1) is 18.2 Å². The van der Waals surface area contributed by atoms with Crippen LogP contribution in [0.2, 0.25) is 0 Å². The van der Waals surface area contributed by atoms with Gasteiger partial charge in [-0.15, -0.1) is 0 Å². The third-order valence-corrected chi connectivity index (χ3v) is 10.0. The molecule has 0 radical (unpaired) electrons. The first-order chi connectivity index (χ1) is 21.6. The number of H-pyrrole nitrogens is 2. The van der Waals surface area contributed by atoms with Crippen molar-refractivity contribution in [2.45, 2.75) is 65.7 Å². The molecular formula is C37H46FN3O4SW. The van der Waals surface area contributed by atoms with Gasteiger partial charge in [-0.25, -0.2) is 9.37 Å². The minimum atomic E-state index is -0.374. The van der Waals surface area contributed by atoms with Crippen molar-refractivity contribution in [3.8, 4) is 28.6 Å². The van der Waals surface area contributed by atoms with Crippen molar-refractivity contribution in [2.75, 3.05) is 18.3 Å². The van der Waals surface area contributed by atoms with Crippen LogP contribution in [0.1, 0.15) is 63.6 Å². The molecule has 252 valence electrons. The molecule has 0 spiro atoms. The van der Waals surface area contributed by atoms with Gasteiger partial charge in [0.15, 0.2) is 18.4 Å². The second-order valence-corrected chi connectivity index (χ2v) is 14.2. The second kappa shape index (κ2) is 16.8. The Hall–Kier alpha value is -3.10. The van der Waals surface area contributed by atoms with Gasteiger partial charge in [0.2, 0.25) is 0 Å². The summed E-state index contributed by atoms with van der Waals surface area (Å²) in [6.07, 6.45) is 9.32. The van der Waals surface area contributed by atoms with Gasteiger partial charge < -0.3 is 30.0 Å². The fourth-order valence-corrected chi connectivity index (χ4v) is 7.05. The van der Waals surface area contributed by atoms with Crippen LogP contribution in [0.3, 0.4) is 0 Å². The molecule has 0 aliphatic heterocycles. The Morgan fingerprint density at radius 2 is 1.77 bits per heavy atom.